The second-order valence-corrected chi connectivity index (χ2v) is 5.24. The monoisotopic (exact) mass is 285 g/mol. The zero-order valence-electron chi connectivity index (χ0n) is 11.8. The van der Waals surface area contributed by atoms with Crippen molar-refractivity contribution in [3.05, 3.63) is 52.4 Å². The summed E-state index contributed by atoms with van der Waals surface area (Å²) < 4.78 is 1.76. The summed E-state index contributed by atoms with van der Waals surface area (Å²) in [5.74, 6) is 0. The van der Waals surface area contributed by atoms with Gasteiger partial charge in [-0.25, -0.2) is 9.50 Å². The Hall–Kier alpha value is -1.87. The van der Waals surface area contributed by atoms with E-state index in [-0.39, 0.29) is 0 Å². The van der Waals surface area contributed by atoms with E-state index in [1.54, 1.807) is 4.52 Å². The lowest BCUT2D eigenvalue weighted by atomic mass is 10.1. The van der Waals surface area contributed by atoms with E-state index in [4.69, 9.17) is 16.6 Å². The lowest BCUT2D eigenvalue weighted by Crippen LogP contribution is -2.00. The molecule has 0 saturated carbocycles. The highest BCUT2D eigenvalue weighted by atomic mass is 35.5. The molecule has 0 N–H and O–H groups in total. The van der Waals surface area contributed by atoms with Crippen LogP contribution in [0.4, 0.5) is 0 Å². The Morgan fingerprint density at radius 2 is 1.80 bits per heavy atom. The van der Waals surface area contributed by atoms with Crippen LogP contribution in [-0.4, -0.2) is 14.6 Å². The lowest BCUT2D eigenvalue weighted by Gasteiger charge is -2.10. The minimum Gasteiger partial charge on any atom is -0.233 e. The van der Waals surface area contributed by atoms with Crippen LogP contribution in [0, 0.1) is 13.8 Å². The van der Waals surface area contributed by atoms with E-state index in [0.29, 0.717) is 5.15 Å². The fraction of sp³-hybridized carbons (Fsp3) is 0.250. The Morgan fingerprint density at radius 3 is 2.45 bits per heavy atom. The number of aryl methyl sites for hydroxylation is 3. The van der Waals surface area contributed by atoms with Gasteiger partial charge in [0.1, 0.15) is 5.15 Å². The van der Waals surface area contributed by atoms with Gasteiger partial charge in [0.05, 0.1) is 11.4 Å². The SMILES string of the molecule is CCc1c(C)nn2c(Cl)c(-c3ccccc3)c(C)nc12. The maximum Gasteiger partial charge on any atom is 0.160 e. The Balaban J connectivity index is 2.36. The van der Waals surface area contributed by atoms with Crippen LogP contribution in [0.3, 0.4) is 0 Å². The summed E-state index contributed by atoms with van der Waals surface area (Å²) >= 11 is 6.58. The van der Waals surface area contributed by atoms with Gasteiger partial charge in [-0.3, -0.25) is 0 Å². The van der Waals surface area contributed by atoms with E-state index in [9.17, 15) is 0 Å². The van der Waals surface area contributed by atoms with E-state index in [0.717, 1.165) is 40.1 Å². The van der Waals surface area contributed by atoms with Crippen molar-refractivity contribution < 1.29 is 0 Å². The molecule has 0 aliphatic rings. The second-order valence-electron chi connectivity index (χ2n) is 4.88. The highest BCUT2D eigenvalue weighted by Gasteiger charge is 2.17. The fourth-order valence-corrected chi connectivity index (χ4v) is 2.98. The average molecular weight is 286 g/mol. The first-order valence-electron chi connectivity index (χ1n) is 6.73. The molecule has 4 heteroatoms. The van der Waals surface area contributed by atoms with Gasteiger partial charge >= 0.3 is 0 Å². The fourth-order valence-electron chi connectivity index (χ4n) is 2.62. The van der Waals surface area contributed by atoms with Crippen molar-refractivity contribution in [3.8, 4) is 11.1 Å². The molecule has 2 aromatic heterocycles. The van der Waals surface area contributed by atoms with Gasteiger partial charge < -0.3 is 0 Å². The molecule has 2 heterocycles. The van der Waals surface area contributed by atoms with Crippen molar-refractivity contribution in [1.82, 2.24) is 14.6 Å². The van der Waals surface area contributed by atoms with Gasteiger partial charge in [0.25, 0.3) is 0 Å². The topological polar surface area (TPSA) is 30.2 Å². The number of aromatic nitrogens is 3. The number of benzene rings is 1. The Morgan fingerprint density at radius 1 is 1.10 bits per heavy atom. The minimum absolute atomic E-state index is 0.626. The molecule has 20 heavy (non-hydrogen) atoms. The predicted molar refractivity (Wildman–Crippen MR) is 82.3 cm³/mol. The van der Waals surface area contributed by atoms with Crippen LogP contribution in [0.25, 0.3) is 16.8 Å². The maximum absolute atomic E-state index is 6.58. The van der Waals surface area contributed by atoms with Gasteiger partial charge in [0.15, 0.2) is 5.65 Å². The largest absolute Gasteiger partial charge is 0.233 e. The van der Waals surface area contributed by atoms with Crippen molar-refractivity contribution in [2.45, 2.75) is 27.2 Å². The molecule has 0 amide bonds. The summed E-state index contributed by atoms with van der Waals surface area (Å²) in [7, 11) is 0. The van der Waals surface area contributed by atoms with Crippen LogP contribution >= 0.6 is 11.6 Å². The van der Waals surface area contributed by atoms with Gasteiger partial charge in [-0.15, -0.1) is 0 Å². The number of hydrogen-bond acceptors (Lipinski definition) is 2. The molecule has 0 atom stereocenters. The first-order chi connectivity index (χ1) is 9.63. The predicted octanol–water partition coefficient (Wildman–Crippen LogP) is 4.23. The van der Waals surface area contributed by atoms with E-state index in [1.165, 1.54) is 0 Å². The van der Waals surface area contributed by atoms with Crippen LogP contribution in [0.2, 0.25) is 5.15 Å². The van der Waals surface area contributed by atoms with Crippen LogP contribution in [0.15, 0.2) is 30.3 Å². The third-order valence-corrected chi connectivity index (χ3v) is 3.95. The molecule has 0 radical (unpaired) electrons. The Bertz CT molecular complexity index is 776. The summed E-state index contributed by atoms with van der Waals surface area (Å²) in [5, 5.41) is 5.16. The molecule has 0 aliphatic carbocycles. The zero-order chi connectivity index (χ0) is 14.3. The quantitative estimate of drug-likeness (QED) is 0.660. The number of nitrogens with zero attached hydrogens (tertiary/aromatic N) is 3. The normalized spacial score (nSPS) is 11.2. The maximum atomic E-state index is 6.58. The molecule has 3 aromatic rings. The first-order valence-corrected chi connectivity index (χ1v) is 7.11. The molecule has 102 valence electrons. The molecule has 0 aliphatic heterocycles. The van der Waals surface area contributed by atoms with Gasteiger partial charge in [-0.05, 0) is 25.8 Å². The van der Waals surface area contributed by atoms with Crippen molar-refractivity contribution in [2.24, 2.45) is 0 Å². The lowest BCUT2D eigenvalue weighted by molar-refractivity contribution is 0.912. The zero-order valence-corrected chi connectivity index (χ0v) is 12.6. The first kappa shape index (κ1) is 13.1. The number of halogens is 1. The van der Waals surface area contributed by atoms with Gasteiger partial charge in [-0.1, -0.05) is 48.9 Å². The summed E-state index contributed by atoms with van der Waals surface area (Å²) in [6.45, 7) is 6.11. The highest BCUT2D eigenvalue weighted by Crippen LogP contribution is 2.32. The molecule has 1 aromatic carbocycles. The summed E-state index contributed by atoms with van der Waals surface area (Å²) in [5.41, 5.74) is 5.97. The van der Waals surface area contributed by atoms with Crippen molar-refractivity contribution >= 4 is 17.2 Å². The molecule has 0 saturated heterocycles. The number of fused-ring (bicyclic) bond motifs is 1. The highest BCUT2D eigenvalue weighted by molar-refractivity contribution is 6.32. The summed E-state index contributed by atoms with van der Waals surface area (Å²) in [6.07, 6.45) is 0.906. The minimum atomic E-state index is 0.626. The van der Waals surface area contributed by atoms with Crippen LogP contribution < -0.4 is 0 Å². The molecule has 0 unspecified atom stereocenters. The molecular formula is C16H16ClN3. The van der Waals surface area contributed by atoms with Crippen LogP contribution in [-0.2, 0) is 6.42 Å². The molecular weight excluding hydrogens is 270 g/mol. The van der Waals surface area contributed by atoms with Gasteiger partial charge in [0, 0.05) is 11.1 Å². The Kier molecular flexibility index (Phi) is 3.22. The van der Waals surface area contributed by atoms with Crippen molar-refractivity contribution in [3.63, 3.8) is 0 Å². The second kappa shape index (κ2) is 4.91. The standard InChI is InChI=1S/C16H16ClN3/c1-4-13-10(2)19-20-15(17)14(11(3)18-16(13)20)12-8-6-5-7-9-12/h5-9H,4H2,1-3H3. The number of hydrogen-bond donors (Lipinski definition) is 0. The third kappa shape index (κ3) is 1.90. The molecule has 3 nitrogen and oxygen atoms in total. The van der Waals surface area contributed by atoms with E-state index in [2.05, 4.69) is 12.0 Å². The molecule has 0 bridgehead atoms. The molecule has 3 rings (SSSR count). The number of rotatable bonds is 2. The van der Waals surface area contributed by atoms with Crippen LogP contribution in [0.5, 0.6) is 0 Å². The van der Waals surface area contributed by atoms with Crippen LogP contribution in [0.1, 0.15) is 23.9 Å². The Labute approximate surface area is 123 Å². The van der Waals surface area contributed by atoms with E-state index < -0.39 is 0 Å². The average Bonchev–Trinajstić information content (AvgIpc) is 2.76. The van der Waals surface area contributed by atoms with Crippen molar-refractivity contribution in [1.29, 1.82) is 0 Å². The molecule has 0 spiro atoms. The third-order valence-electron chi connectivity index (χ3n) is 3.60. The van der Waals surface area contributed by atoms with Gasteiger partial charge in [0.2, 0.25) is 0 Å². The van der Waals surface area contributed by atoms with Crippen molar-refractivity contribution in [2.75, 3.05) is 0 Å². The molecule has 0 fully saturated rings. The smallest absolute Gasteiger partial charge is 0.160 e. The summed E-state index contributed by atoms with van der Waals surface area (Å²) in [4.78, 5) is 4.72. The van der Waals surface area contributed by atoms with E-state index >= 15 is 0 Å². The van der Waals surface area contributed by atoms with E-state index in [1.807, 2.05) is 44.2 Å². The summed E-state index contributed by atoms with van der Waals surface area (Å²) in [6, 6.07) is 10.1. The van der Waals surface area contributed by atoms with Gasteiger partial charge in [-0.2, -0.15) is 5.10 Å².